The Morgan fingerprint density at radius 1 is 1.13 bits per heavy atom. The molecule has 1 aliphatic rings. The lowest BCUT2D eigenvalue weighted by Gasteiger charge is -2.13. The van der Waals surface area contributed by atoms with Crippen molar-refractivity contribution in [2.45, 2.75) is 26.3 Å². The van der Waals surface area contributed by atoms with Gasteiger partial charge in [-0.05, 0) is 49.6 Å². The third kappa shape index (κ3) is 4.27. The fourth-order valence-electron chi connectivity index (χ4n) is 3.56. The summed E-state index contributed by atoms with van der Waals surface area (Å²) in [6.07, 6.45) is 0.484. The largest absolute Gasteiger partial charge is 0.321 e. The molecule has 0 saturated carbocycles. The molecule has 1 atom stereocenters. The first-order valence-electron chi connectivity index (χ1n) is 9.66. The predicted molar refractivity (Wildman–Crippen MR) is 119 cm³/mol. The van der Waals surface area contributed by atoms with Crippen molar-refractivity contribution in [1.29, 1.82) is 0 Å². The molecular formula is C22H22ClN3O3S. The highest BCUT2D eigenvalue weighted by atomic mass is 35.5. The number of carbonyl (C=O) groups excluding carboxylic acids is 1. The van der Waals surface area contributed by atoms with Gasteiger partial charge in [-0.3, -0.25) is 9.48 Å². The summed E-state index contributed by atoms with van der Waals surface area (Å²) >= 11 is 6.15. The molecule has 1 N–H and O–H groups in total. The second kappa shape index (κ2) is 7.89. The lowest BCUT2D eigenvalue weighted by Crippen LogP contribution is -2.16. The van der Waals surface area contributed by atoms with E-state index >= 15 is 0 Å². The van der Waals surface area contributed by atoms with Crippen LogP contribution in [0.2, 0.25) is 5.02 Å². The van der Waals surface area contributed by atoms with Crippen LogP contribution in [0.4, 0.5) is 5.69 Å². The molecule has 0 aliphatic carbocycles. The highest BCUT2D eigenvalue weighted by Crippen LogP contribution is 2.30. The number of benzene rings is 2. The number of anilines is 1. The van der Waals surface area contributed by atoms with Crippen molar-refractivity contribution in [2.75, 3.05) is 16.8 Å². The van der Waals surface area contributed by atoms with E-state index in [0.29, 0.717) is 17.1 Å². The van der Waals surface area contributed by atoms with Crippen LogP contribution in [0.1, 0.15) is 34.1 Å². The monoisotopic (exact) mass is 443 g/mol. The van der Waals surface area contributed by atoms with Crippen LogP contribution >= 0.6 is 11.6 Å². The number of aromatic nitrogens is 2. The first-order valence-corrected chi connectivity index (χ1v) is 11.9. The Bertz CT molecular complexity index is 1220. The predicted octanol–water partition coefficient (Wildman–Crippen LogP) is 4.43. The molecule has 156 valence electrons. The molecule has 3 aromatic rings. The van der Waals surface area contributed by atoms with Crippen LogP contribution in [0.5, 0.6) is 0 Å². The van der Waals surface area contributed by atoms with Gasteiger partial charge in [0.2, 0.25) is 0 Å². The van der Waals surface area contributed by atoms with Crippen LogP contribution < -0.4 is 5.32 Å². The number of hydrogen-bond donors (Lipinski definition) is 1. The van der Waals surface area contributed by atoms with Gasteiger partial charge >= 0.3 is 0 Å². The number of rotatable bonds is 4. The minimum absolute atomic E-state index is 0.0299. The van der Waals surface area contributed by atoms with Gasteiger partial charge in [-0.15, -0.1) is 0 Å². The van der Waals surface area contributed by atoms with Gasteiger partial charge in [0.1, 0.15) is 0 Å². The number of amides is 1. The average molecular weight is 444 g/mol. The van der Waals surface area contributed by atoms with Gasteiger partial charge in [0.25, 0.3) is 5.91 Å². The second-order valence-corrected chi connectivity index (χ2v) is 10.3. The van der Waals surface area contributed by atoms with Gasteiger partial charge in [0.15, 0.2) is 15.5 Å². The number of hydrogen-bond acceptors (Lipinski definition) is 4. The van der Waals surface area contributed by atoms with Crippen LogP contribution in [-0.2, 0) is 9.84 Å². The van der Waals surface area contributed by atoms with Gasteiger partial charge in [0.05, 0.1) is 23.2 Å². The van der Waals surface area contributed by atoms with Gasteiger partial charge < -0.3 is 5.32 Å². The first kappa shape index (κ1) is 20.6. The molecule has 8 heteroatoms. The van der Waals surface area contributed by atoms with E-state index in [-0.39, 0.29) is 29.1 Å². The normalized spacial score (nSPS) is 17.8. The molecule has 6 nitrogen and oxygen atoms in total. The second-order valence-electron chi connectivity index (χ2n) is 7.70. The molecule has 1 saturated heterocycles. The van der Waals surface area contributed by atoms with Gasteiger partial charge in [-0.1, -0.05) is 47.5 Å². The van der Waals surface area contributed by atoms with E-state index in [9.17, 15) is 13.2 Å². The minimum Gasteiger partial charge on any atom is -0.321 e. The maximum atomic E-state index is 12.9. The summed E-state index contributed by atoms with van der Waals surface area (Å²) in [7, 11) is -3.09. The van der Waals surface area contributed by atoms with Crippen molar-refractivity contribution in [3.05, 3.63) is 70.4 Å². The number of nitrogens with zero attached hydrogens (tertiary/aromatic N) is 2. The molecule has 0 bridgehead atoms. The Balaban J connectivity index is 1.70. The summed E-state index contributed by atoms with van der Waals surface area (Å²) < 4.78 is 25.7. The molecule has 2 heterocycles. The van der Waals surface area contributed by atoms with E-state index in [1.54, 1.807) is 22.9 Å². The van der Waals surface area contributed by atoms with Crippen LogP contribution in [0.15, 0.2) is 48.5 Å². The number of sulfone groups is 1. The van der Waals surface area contributed by atoms with E-state index < -0.39 is 9.84 Å². The topological polar surface area (TPSA) is 81.1 Å². The summed E-state index contributed by atoms with van der Waals surface area (Å²) in [5, 5.41) is 7.88. The Kier molecular flexibility index (Phi) is 5.42. The summed E-state index contributed by atoms with van der Waals surface area (Å²) in [5.74, 6) is -0.209. The average Bonchev–Trinajstić information content (AvgIpc) is 3.29. The maximum Gasteiger partial charge on any atom is 0.276 e. The molecule has 1 fully saturated rings. The van der Waals surface area contributed by atoms with Crippen molar-refractivity contribution in [3.8, 4) is 11.3 Å². The van der Waals surface area contributed by atoms with Crippen molar-refractivity contribution < 1.29 is 13.2 Å². The molecule has 0 radical (unpaired) electrons. The summed E-state index contributed by atoms with van der Waals surface area (Å²) in [4.78, 5) is 12.9. The number of aryl methyl sites for hydroxylation is 2. The Morgan fingerprint density at radius 3 is 2.50 bits per heavy atom. The van der Waals surface area contributed by atoms with Gasteiger partial charge in [-0.2, -0.15) is 5.10 Å². The smallest absolute Gasteiger partial charge is 0.276 e. The minimum atomic E-state index is -3.09. The fraction of sp³-hybridized carbons (Fsp3) is 0.273. The summed E-state index contributed by atoms with van der Waals surface area (Å²) in [5.41, 5.74) is 4.45. The highest BCUT2D eigenvalue weighted by molar-refractivity contribution is 7.91. The molecule has 1 amide bonds. The van der Waals surface area contributed by atoms with E-state index in [1.807, 2.05) is 44.2 Å². The van der Waals surface area contributed by atoms with Crippen molar-refractivity contribution in [1.82, 2.24) is 9.78 Å². The quantitative estimate of drug-likeness (QED) is 0.646. The third-order valence-electron chi connectivity index (χ3n) is 5.30. The van der Waals surface area contributed by atoms with Crippen LogP contribution in [0.25, 0.3) is 11.3 Å². The fourth-order valence-corrected chi connectivity index (χ4v) is 5.43. The molecule has 1 unspecified atom stereocenters. The molecule has 1 aromatic heterocycles. The SMILES string of the molecule is Cc1ccc(-c2cc(C(=O)Nc3ccc(C)c(Cl)c3)nn2C2CCS(=O)(=O)C2)cc1. The lowest BCUT2D eigenvalue weighted by atomic mass is 10.1. The molecule has 4 rings (SSSR count). The number of halogens is 1. The molecule has 0 spiro atoms. The molecular weight excluding hydrogens is 422 g/mol. The van der Waals surface area contributed by atoms with Gasteiger partial charge in [-0.25, -0.2) is 8.42 Å². The lowest BCUT2D eigenvalue weighted by molar-refractivity contribution is 0.102. The molecule has 30 heavy (non-hydrogen) atoms. The Labute approximate surface area is 180 Å². The van der Waals surface area contributed by atoms with Crippen LogP contribution in [0, 0.1) is 13.8 Å². The van der Waals surface area contributed by atoms with Crippen molar-refractivity contribution in [3.63, 3.8) is 0 Å². The molecule has 2 aromatic carbocycles. The van der Waals surface area contributed by atoms with Crippen molar-refractivity contribution >= 4 is 33.0 Å². The van der Waals surface area contributed by atoms with Gasteiger partial charge in [0, 0.05) is 10.7 Å². The Hall–Kier alpha value is -2.64. The zero-order valence-electron chi connectivity index (χ0n) is 16.7. The third-order valence-corrected chi connectivity index (χ3v) is 7.46. The van der Waals surface area contributed by atoms with E-state index in [1.165, 1.54) is 0 Å². The van der Waals surface area contributed by atoms with E-state index in [2.05, 4.69) is 10.4 Å². The zero-order chi connectivity index (χ0) is 21.5. The standard InChI is InChI=1S/C22H22ClN3O3S/c1-14-3-6-16(7-4-14)21-12-20(25-26(21)18-9-10-30(28,29)13-18)22(27)24-17-8-5-15(2)19(23)11-17/h3-8,11-12,18H,9-10,13H2,1-2H3,(H,24,27). The van der Waals surface area contributed by atoms with E-state index in [4.69, 9.17) is 11.6 Å². The van der Waals surface area contributed by atoms with E-state index in [0.717, 1.165) is 22.4 Å². The van der Waals surface area contributed by atoms with Crippen LogP contribution in [-0.4, -0.2) is 35.6 Å². The summed E-state index contributed by atoms with van der Waals surface area (Å²) in [6, 6.07) is 14.6. The molecule has 1 aliphatic heterocycles. The maximum absolute atomic E-state index is 12.9. The number of nitrogens with one attached hydrogen (secondary N) is 1. The summed E-state index contributed by atoms with van der Waals surface area (Å²) in [6.45, 7) is 3.88. The first-order chi connectivity index (χ1) is 14.2. The zero-order valence-corrected chi connectivity index (χ0v) is 18.3. The Morgan fingerprint density at radius 2 is 1.87 bits per heavy atom. The number of carbonyl (C=O) groups is 1. The van der Waals surface area contributed by atoms with Crippen LogP contribution in [0.3, 0.4) is 0 Å². The van der Waals surface area contributed by atoms with Crippen molar-refractivity contribution in [2.24, 2.45) is 0 Å². The highest BCUT2D eigenvalue weighted by Gasteiger charge is 2.32.